The Bertz CT molecular complexity index is 994. The van der Waals surface area contributed by atoms with E-state index in [1.165, 1.54) is 10.4 Å². The summed E-state index contributed by atoms with van der Waals surface area (Å²) >= 11 is 0. The van der Waals surface area contributed by atoms with Gasteiger partial charge in [0.05, 0.1) is 28.1 Å². The first kappa shape index (κ1) is 19.3. The third-order valence-electron chi connectivity index (χ3n) is 4.37. The number of hydrogen-bond donors (Lipinski definition) is 1. The van der Waals surface area contributed by atoms with Gasteiger partial charge in [0, 0.05) is 39.1 Å². The molecule has 0 saturated carbocycles. The van der Waals surface area contributed by atoms with E-state index in [4.69, 9.17) is 5.26 Å². The van der Waals surface area contributed by atoms with Crippen molar-refractivity contribution in [3.8, 4) is 6.07 Å². The van der Waals surface area contributed by atoms with E-state index in [1.807, 2.05) is 0 Å². The summed E-state index contributed by atoms with van der Waals surface area (Å²) in [6.07, 6.45) is -1.51. The second-order valence-corrected chi connectivity index (χ2v) is 7.94. The number of halogens is 3. The molecule has 1 aromatic carbocycles. The fourth-order valence-electron chi connectivity index (χ4n) is 3.05. The molecule has 27 heavy (non-hydrogen) atoms. The molecule has 1 atom stereocenters. The Morgan fingerprint density at radius 1 is 1.37 bits per heavy atom. The summed E-state index contributed by atoms with van der Waals surface area (Å²) in [4.78, 5) is 3.84. The van der Waals surface area contributed by atoms with Crippen LogP contribution in [0, 0.1) is 11.3 Å². The summed E-state index contributed by atoms with van der Waals surface area (Å²) in [5.74, 6) is 0.512. The molecule has 1 aliphatic heterocycles. The molecule has 1 N–H and O–H groups in total. The van der Waals surface area contributed by atoms with Crippen molar-refractivity contribution in [2.45, 2.75) is 17.1 Å². The van der Waals surface area contributed by atoms with Crippen molar-refractivity contribution in [3.63, 3.8) is 0 Å². The molecule has 3 rings (SSSR count). The molecule has 144 valence electrons. The van der Waals surface area contributed by atoms with Crippen LogP contribution < -0.4 is 5.32 Å². The van der Waals surface area contributed by atoms with E-state index in [0.717, 1.165) is 12.1 Å². The van der Waals surface area contributed by atoms with E-state index >= 15 is 0 Å². The number of imidazole rings is 1. The molecule has 0 radical (unpaired) electrons. The van der Waals surface area contributed by atoms with Crippen molar-refractivity contribution in [1.82, 2.24) is 19.2 Å². The van der Waals surface area contributed by atoms with Crippen molar-refractivity contribution < 1.29 is 21.6 Å². The van der Waals surface area contributed by atoms with Crippen molar-refractivity contribution in [1.29, 1.82) is 5.26 Å². The number of aryl methyl sites for hydroxylation is 1. The van der Waals surface area contributed by atoms with Gasteiger partial charge in [0.2, 0.25) is 10.0 Å². The van der Waals surface area contributed by atoms with Crippen LogP contribution in [0.1, 0.15) is 23.0 Å². The number of alkyl halides is 3. The fourth-order valence-corrected chi connectivity index (χ4v) is 4.66. The van der Waals surface area contributed by atoms with Crippen LogP contribution in [0.25, 0.3) is 0 Å². The van der Waals surface area contributed by atoms with Gasteiger partial charge in [-0.25, -0.2) is 13.4 Å². The van der Waals surface area contributed by atoms with Gasteiger partial charge in [-0.3, -0.25) is 0 Å². The van der Waals surface area contributed by atoms with Crippen LogP contribution >= 0.6 is 0 Å². The number of sulfonamides is 1. The zero-order valence-corrected chi connectivity index (χ0v) is 15.0. The molecule has 0 amide bonds. The van der Waals surface area contributed by atoms with Crippen LogP contribution in [-0.4, -0.2) is 41.9 Å². The van der Waals surface area contributed by atoms with E-state index in [-0.39, 0.29) is 11.4 Å². The average Bonchev–Trinajstić information content (AvgIpc) is 3.06. The smallest absolute Gasteiger partial charge is 0.337 e. The Morgan fingerprint density at radius 2 is 2.11 bits per heavy atom. The minimum Gasteiger partial charge on any atom is -0.337 e. The van der Waals surface area contributed by atoms with Crippen LogP contribution in [0.4, 0.5) is 13.2 Å². The Kier molecular flexibility index (Phi) is 4.98. The topological polar surface area (TPSA) is 91.0 Å². The molecule has 1 aromatic heterocycles. The first-order valence-electron chi connectivity index (χ1n) is 7.97. The van der Waals surface area contributed by atoms with E-state index in [2.05, 4.69) is 10.3 Å². The minimum atomic E-state index is -4.74. The lowest BCUT2D eigenvalue weighted by atomic mass is 10.1. The summed E-state index contributed by atoms with van der Waals surface area (Å²) in [6.45, 7) is 0.838. The maximum absolute atomic E-state index is 13.1. The van der Waals surface area contributed by atoms with Gasteiger partial charge in [0.1, 0.15) is 5.82 Å². The lowest BCUT2D eigenvalue weighted by Crippen LogP contribution is -2.49. The highest BCUT2D eigenvalue weighted by Gasteiger charge is 2.38. The Hall–Kier alpha value is -2.42. The van der Waals surface area contributed by atoms with Gasteiger partial charge in [-0.2, -0.15) is 22.7 Å². The molecule has 0 spiro atoms. The Morgan fingerprint density at radius 3 is 2.70 bits per heavy atom. The third kappa shape index (κ3) is 3.55. The Labute approximate surface area is 154 Å². The highest BCUT2D eigenvalue weighted by Crippen LogP contribution is 2.34. The number of nitrogens with zero attached hydrogens (tertiary/aromatic N) is 4. The zero-order chi connectivity index (χ0) is 19.8. The zero-order valence-electron chi connectivity index (χ0n) is 14.2. The number of benzene rings is 1. The molecule has 0 aliphatic carbocycles. The first-order valence-corrected chi connectivity index (χ1v) is 9.41. The molecule has 1 unspecified atom stereocenters. The first-order chi connectivity index (χ1) is 12.7. The third-order valence-corrected chi connectivity index (χ3v) is 6.28. The van der Waals surface area contributed by atoms with Gasteiger partial charge in [-0.05, 0) is 18.2 Å². The maximum Gasteiger partial charge on any atom is 0.417 e. The molecule has 11 heteroatoms. The van der Waals surface area contributed by atoms with Crippen molar-refractivity contribution in [2.75, 3.05) is 19.6 Å². The minimum absolute atomic E-state index is 0.128. The van der Waals surface area contributed by atoms with E-state index in [9.17, 15) is 21.6 Å². The van der Waals surface area contributed by atoms with E-state index in [1.54, 1.807) is 24.0 Å². The van der Waals surface area contributed by atoms with Gasteiger partial charge < -0.3 is 9.88 Å². The van der Waals surface area contributed by atoms with Crippen molar-refractivity contribution >= 4 is 10.0 Å². The SMILES string of the molecule is Cn1ccnc1C1CNCCN1S(=O)(=O)c1ccc(C(F)(F)F)c(C#N)c1. The number of nitrogens with one attached hydrogen (secondary N) is 1. The van der Waals surface area contributed by atoms with E-state index < -0.39 is 33.4 Å². The predicted octanol–water partition coefficient (Wildman–Crippen LogP) is 1.65. The highest BCUT2D eigenvalue weighted by atomic mass is 32.2. The number of piperazine rings is 1. The highest BCUT2D eigenvalue weighted by molar-refractivity contribution is 7.89. The average molecular weight is 399 g/mol. The largest absolute Gasteiger partial charge is 0.417 e. The van der Waals surface area contributed by atoms with Crippen molar-refractivity contribution in [2.24, 2.45) is 7.05 Å². The molecular formula is C16H16F3N5O2S. The van der Waals surface area contributed by atoms with Gasteiger partial charge in [-0.1, -0.05) is 0 Å². The molecule has 0 bridgehead atoms. The molecule has 7 nitrogen and oxygen atoms in total. The summed E-state index contributed by atoms with van der Waals surface area (Å²) in [6, 6.07) is 3.11. The number of rotatable bonds is 3. The van der Waals surface area contributed by atoms with Crippen LogP contribution in [0.15, 0.2) is 35.5 Å². The van der Waals surface area contributed by atoms with Crippen LogP contribution in [-0.2, 0) is 23.2 Å². The number of nitriles is 1. The number of hydrogen-bond acceptors (Lipinski definition) is 5. The molecule has 1 fully saturated rings. The molecule has 2 aromatic rings. The molecule has 2 heterocycles. The number of aromatic nitrogens is 2. The predicted molar refractivity (Wildman–Crippen MR) is 88.9 cm³/mol. The summed E-state index contributed by atoms with van der Waals surface area (Å²) in [7, 11) is -2.40. The van der Waals surface area contributed by atoms with E-state index in [0.29, 0.717) is 25.0 Å². The summed E-state index contributed by atoms with van der Waals surface area (Å²) in [5.41, 5.74) is -1.89. The van der Waals surface area contributed by atoms with Gasteiger partial charge in [-0.15, -0.1) is 0 Å². The quantitative estimate of drug-likeness (QED) is 0.848. The molecule has 1 aliphatic rings. The monoisotopic (exact) mass is 399 g/mol. The Balaban J connectivity index is 2.05. The lowest BCUT2D eigenvalue weighted by Gasteiger charge is -2.34. The van der Waals surface area contributed by atoms with Crippen molar-refractivity contribution in [3.05, 3.63) is 47.5 Å². The van der Waals surface area contributed by atoms with Crippen LogP contribution in [0.3, 0.4) is 0 Å². The standard InChI is InChI=1S/C16H16F3N5O2S/c1-23-6-5-22-15(23)14-10-21-4-7-24(14)27(25,26)12-2-3-13(16(17,18)19)11(8-12)9-20/h2-3,5-6,8,14,21H,4,7,10H2,1H3. The second kappa shape index (κ2) is 6.95. The van der Waals surface area contributed by atoms with Gasteiger partial charge in [0.15, 0.2) is 0 Å². The fraction of sp³-hybridized carbons (Fsp3) is 0.375. The molecule has 1 saturated heterocycles. The maximum atomic E-state index is 13.1. The van der Waals surface area contributed by atoms with Gasteiger partial charge >= 0.3 is 6.18 Å². The molecular weight excluding hydrogens is 383 g/mol. The summed E-state index contributed by atoms with van der Waals surface area (Å²) < 4.78 is 68.0. The van der Waals surface area contributed by atoms with Gasteiger partial charge in [0.25, 0.3) is 0 Å². The second-order valence-electron chi connectivity index (χ2n) is 6.05. The van der Waals surface area contributed by atoms with Crippen LogP contribution in [0.2, 0.25) is 0 Å². The summed E-state index contributed by atoms with van der Waals surface area (Å²) in [5, 5.41) is 12.1. The van der Waals surface area contributed by atoms with Crippen LogP contribution in [0.5, 0.6) is 0 Å². The normalized spacial score (nSPS) is 19.0. The lowest BCUT2D eigenvalue weighted by molar-refractivity contribution is -0.137.